The fraction of sp³-hybridized carbons (Fsp3) is 0.471. The smallest absolute Gasteiger partial charge is 0.379 e. The van der Waals surface area contributed by atoms with Crippen molar-refractivity contribution in [2.24, 2.45) is 5.92 Å². The van der Waals surface area contributed by atoms with Crippen molar-refractivity contribution >= 4 is 11.8 Å². The van der Waals surface area contributed by atoms with Gasteiger partial charge in [0.05, 0.1) is 19.3 Å². The van der Waals surface area contributed by atoms with Gasteiger partial charge in [0.1, 0.15) is 5.82 Å². The van der Waals surface area contributed by atoms with Crippen LogP contribution in [-0.4, -0.2) is 48.3 Å². The number of anilines is 2. The number of halogens is 3. The molecule has 2 aromatic heterocycles. The van der Waals surface area contributed by atoms with Gasteiger partial charge in [0.25, 0.3) is 0 Å². The van der Waals surface area contributed by atoms with Crippen LogP contribution in [0.25, 0.3) is 0 Å². The number of rotatable bonds is 5. The summed E-state index contributed by atoms with van der Waals surface area (Å²) < 4.78 is 44.9. The van der Waals surface area contributed by atoms with Gasteiger partial charge in [-0.25, -0.2) is 4.98 Å². The zero-order chi connectivity index (χ0) is 18.7. The van der Waals surface area contributed by atoms with Gasteiger partial charge in [-0.1, -0.05) is 0 Å². The molecule has 0 amide bonds. The molecule has 1 aliphatic rings. The standard InChI is InChI=1S/C17H20F3N5O/c1-25(2)16-23-14(17(18,19)20)8-15(24-16)22-13-10-26-9-12(13)7-11-3-5-21-6-4-11/h3-6,8,12-13H,7,9-10H2,1-2H3,(H,22,23,24)/t12-,13+/m1/s1. The van der Waals surface area contributed by atoms with Crippen LogP contribution in [-0.2, 0) is 17.3 Å². The molecule has 1 aliphatic heterocycles. The van der Waals surface area contributed by atoms with E-state index in [-0.39, 0.29) is 23.7 Å². The maximum absolute atomic E-state index is 13.1. The molecule has 3 heterocycles. The van der Waals surface area contributed by atoms with Crippen molar-refractivity contribution in [3.05, 3.63) is 41.9 Å². The Hall–Kier alpha value is -2.42. The molecule has 2 aromatic rings. The van der Waals surface area contributed by atoms with Crippen LogP contribution in [0.5, 0.6) is 0 Å². The summed E-state index contributed by atoms with van der Waals surface area (Å²) in [5.74, 6) is 0.280. The Morgan fingerprint density at radius 2 is 1.92 bits per heavy atom. The van der Waals surface area contributed by atoms with Gasteiger partial charge in [-0.2, -0.15) is 18.2 Å². The topological polar surface area (TPSA) is 63.2 Å². The number of hydrogen-bond donors (Lipinski definition) is 1. The Morgan fingerprint density at radius 1 is 1.19 bits per heavy atom. The van der Waals surface area contributed by atoms with Crippen LogP contribution in [0.2, 0.25) is 0 Å². The molecular formula is C17H20F3N5O. The number of alkyl halides is 3. The Morgan fingerprint density at radius 3 is 2.58 bits per heavy atom. The van der Waals surface area contributed by atoms with Crippen molar-refractivity contribution in [1.29, 1.82) is 0 Å². The highest BCUT2D eigenvalue weighted by molar-refractivity contribution is 5.45. The molecule has 26 heavy (non-hydrogen) atoms. The summed E-state index contributed by atoms with van der Waals surface area (Å²) in [6.07, 6.45) is -0.349. The van der Waals surface area contributed by atoms with E-state index in [4.69, 9.17) is 4.74 Å². The Balaban J connectivity index is 1.79. The summed E-state index contributed by atoms with van der Waals surface area (Å²) in [4.78, 5) is 13.2. The molecule has 1 fully saturated rings. The van der Waals surface area contributed by atoms with Crippen molar-refractivity contribution in [3.63, 3.8) is 0 Å². The van der Waals surface area contributed by atoms with E-state index in [1.54, 1.807) is 26.5 Å². The molecule has 0 aromatic carbocycles. The van der Waals surface area contributed by atoms with E-state index in [1.165, 1.54) is 4.90 Å². The van der Waals surface area contributed by atoms with Gasteiger partial charge >= 0.3 is 6.18 Å². The second kappa shape index (κ2) is 7.45. The summed E-state index contributed by atoms with van der Waals surface area (Å²) in [5, 5.41) is 3.10. The first-order chi connectivity index (χ1) is 12.3. The molecule has 1 N–H and O–H groups in total. The highest BCUT2D eigenvalue weighted by Gasteiger charge is 2.35. The van der Waals surface area contributed by atoms with E-state index in [1.807, 2.05) is 12.1 Å². The van der Waals surface area contributed by atoms with Crippen molar-refractivity contribution in [2.75, 3.05) is 37.5 Å². The maximum atomic E-state index is 13.1. The quantitative estimate of drug-likeness (QED) is 0.877. The third-order valence-electron chi connectivity index (χ3n) is 4.18. The van der Waals surface area contributed by atoms with Gasteiger partial charge in [-0.05, 0) is 24.1 Å². The number of aromatic nitrogens is 3. The van der Waals surface area contributed by atoms with Crippen LogP contribution < -0.4 is 10.2 Å². The minimum absolute atomic E-state index is 0.00641. The first kappa shape index (κ1) is 18.4. The second-order valence-electron chi connectivity index (χ2n) is 6.44. The highest BCUT2D eigenvalue weighted by Crippen LogP contribution is 2.31. The van der Waals surface area contributed by atoms with Gasteiger partial charge in [0.15, 0.2) is 5.69 Å². The number of ether oxygens (including phenoxy) is 1. The van der Waals surface area contributed by atoms with E-state index in [2.05, 4.69) is 20.3 Å². The molecule has 9 heteroatoms. The van der Waals surface area contributed by atoms with E-state index in [0.29, 0.717) is 13.2 Å². The average molecular weight is 367 g/mol. The molecule has 0 spiro atoms. The first-order valence-corrected chi connectivity index (χ1v) is 8.19. The Kier molecular flexibility index (Phi) is 5.26. The van der Waals surface area contributed by atoms with Gasteiger partial charge in [0.2, 0.25) is 5.95 Å². The van der Waals surface area contributed by atoms with Crippen LogP contribution >= 0.6 is 0 Å². The van der Waals surface area contributed by atoms with Crippen LogP contribution in [0.3, 0.4) is 0 Å². The number of nitrogens with zero attached hydrogens (tertiary/aromatic N) is 4. The fourth-order valence-corrected chi connectivity index (χ4v) is 2.82. The van der Waals surface area contributed by atoms with E-state index in [9.17, 15) is 13.2 Å². The maximum Gasteiger partial charge on any atom is 0.433 e. The molecule has 1 saturated heterocycles. The molecule has 6 nitrogen and oxygen atoms in total. The summed E-state index contributed by atoms with van der Waals surface area (Å²) in [6.45, 7) is 0.955. The third kappa shape index (κ3) is 4.40. The lowest BCUT2D eigenvalue weighted by molar-refractivity contribution is -0.141. The fourth-order valence-electron chi connectivity index (χ4n) is 2.82. The third-order valence-corrected chi connectivity index (χ3v) is 4.18. The second-order valence-corrected chi connectivity index (χ2v) is 6.44. The summed E-state index contributed by atoms with van der Waals surface area (Å²) in [5.41, 5.74) is 0.137. The Bertz CT molecular complexity index is 739. The molecule has 0 unspecified atom stereocenters. The zero-order valence-electron chi connectivity index (χ0n) is 14.5. The number of pyridine rings is 1. The van der Waals surface area contributed by atoms with Crippen molar-refractivity contribution < 1.29 is 17.9 Å². The molecule has 140 valence electrons. The van der Waals surface area contributed by atoms with Gasteiger partial charge in [-0.15, -0.1) is 0 Å². The van der Waals surface area contributed by atoms with Gasteiger partial charge in [0, 0.05) is 38.5 Å². The van der Waals surface area contributed by atoms with Gasteiger partial charge < -0.3 is 15.0 Å². The average Bonchev–Trinajstić information content (AvgIpc) is 3.01. The normalized spacial score (nSPS) is 20.2. The van der Waals surface area contributed by atoms with Gasteiger partial charge in [-0.3, -0.25) is 4.98 Å². The van der Waals surface area contributed by atoms with Crippen LogP contribution in [0.1, 0.15) is 11.3 Å². The summed E-state index contributed by atoms with van der Waals surface area (Å²) >= 11 is 0. The van der Waals surface area contributed by atoms with Crippen LogP contribution in [0.4, 0.5) is 24.9 Å². The van der Waals surface area contributed by atoms with E-state index < -0.39 is 11.9 Å². The predicted octanol–water partition coefficient (Wildman–Crippen LogP) is 2.63. The highest BCUT2D eigenvalue weighted by atomic mass is 19.4. The summed E-state index contributed by atoms with van der Waals surface area (Å²) in [6, 6.07) is 4.65. The lowest BCUT2D eigenvalue weighted by atomic mass is 9.95. The molecule has 0 bridgehead atoms. The van der Waals surface area contributed by atoms with E-state index >= 15 is 0 Å². The van der Waals surface area contributed by atoms with E-state index in [0.717, 1.165) is 18.1 Å². The zero-order valence-corrected chi connectivity index (χ0v) is 14.5. The first-order valence-electron chi connectivity index (χ1n) is 8.19. The van der Waals surface area contributed by atoms with Crippen molar-refractivity contribution in [2.45, 2.75) is 18.6 Å². The summed E-state index contributed by atoms with van der Waals surface area (Å²) in [7, 11) is 3.20. The SMILES string of the molecule is CN(C)c1nc(N[C@H]2COC[C@H]2Cc2ccncc2)cc(C(F)(F)F)n1. The Labute approximate surface area is 149 Å². The molecule has 3 rings (SSSR count). The van der Waals surface area contributed by atoms with Crippen molar-refractivity contribution in [1.82, 2.24) is 15.0 Å². The lowest BCUT2D eigenvalue weighted by Crippen LogP contribution is -2.30. The predicted molar refractivity (Wildman–Crippen MR) is 91.0 cm³/mol. The van der Waals surface area contributed by atoms with Crippen molar-refractivity contribution in [3.8, 4) is 0 Å². The molecule has 2 atom stereocenters. The number of nitrogens with one attached hydrogen (secondary N) is 1. The van der Waals surface area contributed by atoms with Crippen LogP contribution in [0.15, 0.2) is 30.6 Å². The molecule has 0 saturated carbocycles. The molecular weight excluding hydrogens is 347 g/mol. The lowest BCUT2D eigenvalue weighted by Gasteiger charge is -2.21. The molecule has 0 radical (unpaired) electrons. The minimum Gasteiger partial charge on any atom is -0.379 e. The largest absolute Gasteiger partial charge is 0.433 e. The molecule has 0 aliphatic carbocycles. The van der Waals surface area contributed by atoms with Crippen LogP contribution in [0, 0.1) is 5.92 Å². The minimum atomic E-state index is -4.53. The number of hydrogen-bond acceptors (Lipinski definition) is 6. The monoisotopic (exact) mass is 367 g/mol.